The molecule has 1 aliphatic heterocycles. The van der Waals surface area contributed by atoms with E-state index in [0.29, 0.717) is 29.4 Å². The first-order chi connectivity index (χ1) is 20.4. The number of fused-ring (bicyclic) bond motifs is 1. The average molecular weight is 584 g/mol. The van der Waals surface area contributed by atoms with Crippen LogP contribution in [-0.4, -0.2) is 69.5 Å². The predicted octanol–water partition coefficient (Wildman–Crippen LogP) is 4.48. The standard InChI is InChI=1S/C31H33N7O3S/c32-18-21-9-10-25(42-21)30(41)38-17-16-37(19-31(20-38)12-13-31)28-23-11-15-33-27(23)35-26(36-28)8-2-1-5-14-34-29(40)22-6-3-4-7-24(22)39/h3-4,6-7,9-11,15,39H,1-2,5,8,12-14,16-17,19-20H2,(H,34,40)(H,33,35,36). The van der Waals surface area contributed by atoms with Crippen molar-refractivity contribution in [3.63, 3.8) is 0 Å². The van der Waals surface area contributed by atoms with Crippen molar-refractivity contribution >= 4 is 40.0 Å². The van der Waals surface area contributed by atoms with Crippen LogP contribution in [-0.2, 0) is 6.42 Å². The molecule has 216 valence electrons. The Labute approximate surface area is 248 Å². The number of carbonyl (C=O) groups is 2. The molecule has 0 bridgehead atoms. The van der Waals surface area contributed by atoms with Crippen molar-refractivity contribution in [2.75, 3.05) is 37.6 Å². The van der Waals surface area contributed by atoms with Gasteiger partial charge in [-0.3, -0.25) is 9.59 Å². The molecule has 4 aromatic rings. The summed E-state index contributed by atoms with van der Waals surface area (Å²) in [6.45, 7) is 3.37. The molecule has 2 aliphatic rings. The molecule has 11 heteroatoms. The topological polar surface area (TPSA) is 138 Å². The van der Waals surface area contributed by atoms with Gasteiger partial charge >= 0.3 is 0 Å². The highest BCUT2D eigenvalue weighted by Crippen LogP contribution is 2.49. The summed E-state index contributed by atoms with van der Waals surface area (Å²) in [6, 6.07) is 14.2. The molecular formula is C31H33N7O3S. The first-order valence-electron chi connectivity index (χ1n) is 14.4. The quantitative estimate of drug-likeness (QED) is 0.247. The van der Waals surface area contributed by atoms with Crippen molar-refractivity contribution in [2.45, 2.75) is 38.5 Å². The number of thiophene rings is 1. The van der Waals surface area contributed by atoms with Gasteiger partial charge in [0.1, 0.15) is 34.0 Å². The number of benzene rings is 1. The number of amides is 2. The lowest BCUT2D eigenvalue weighted by Gasteiger charge is -2.25. The smallest absolute Gasteiger partial charge is 0.264 e. The molecule has 1 saturated heterocycles. The van der Waals surface area contributed by atoms with Crippen molar-refractivity contribution in [3.8, 4) is 11.8 Å². The number of para-hydroxylation sites is 1. The molecule has 42 heavy (non-hydrogen) atoms. The molecule has 0 atom stereocenters. The summed E-state index contributed by atoms with van der Waals surface area (Å²) >= 11 is 1.26. The number of aryl methyl sites for hydroxylation is 1. The van der Waals surface area contributed by atoms with Gasteiger partial charge in [0.15, 0.2) is 0 Å². The molecule has 0 radical (unpaired) electrons. The molecule has 10 nitrogen and oxygen atoms in total. The monoisotopic (exact) mass is 583 g/mol. The third-order valence-electron chi connectivity index (χ3n) is 8.12. The minimum atomic E-state index is -0.272. The minimum Gasteiger partial charge on any atom is -0.507 e. The van der Waals surface area contributed by atoms with Crippen molar-refractivity contribution in [3.05, 3.63) is 69.8 Å². The van der Waals surface area contributed by atoms with E-state index < -0.39 is 0 Å². The van der Waals surface area contributed by atoms with Crippen molar-refractivity contribution in [1.82, 2.24) is 25.2 Å². The third-order valence-corrected chi connectivity index (χ3v) is 9.09. The summed E-state index contributed by atoms with van der Waals surface area (Å²) in [5, 5.41) is 22.9. The lowest BCUT2D eigenvalue weighted by Crippen LogP contribution is -2.36. The Morgan fingerprint density at radius 3 is 2.71 bits per heavy atom. The van der Waals surface area contributed by atoms with E-state index in [2.05, 4.69) is 21.3 Å². The normalized spacial score (nSPS) is 15.9. The Bertz CT molecular complexity index is 1650. The Hall–Kier alpha value is -4.43. The molecule has 1 saturated carbocycles. The fourth-order valence-electron chi connectivity index (χ4n) is 5.65. The number of rotatable bonds is 9. The number of nitrogens with zero attached hydrogens (tertiary/aromatic N) is 5. The highest BCUT2D eigenvalue weighted by atomic mass is 32.1. The summed E-state index contributed by atoms with van der Waals surface area (Å²) in [5.74, 6) is 1.40. The van der Waals surface area contributed by atoms with Crippen LogP contribution in [0.2, 0.25) is 0 Å². The summed E-state index contributed by atoms with van der Waals surface area (Å²) in [5.41, 5.74) is 1.16. The van der Waals surface area contributed by atoms with Crippen LogP contribution in [0.15, 0.2) is 48.7 Å². The van der Waals surface area contributed by atoms with Crippen molar-refractivity contribution < 1.29 is 14.7 Å². The second-order valence-electron chi connectivity index (χ2n) is 11.2. The maximum absolute atomic E-state index is 13.3. The fraction of sp³-hybridized carbons (Fsp3) is 0.387. The fourth-order valence-corrected chi connectivity index (χ4v) is 6.42. The van der Waals surface area contributed by atoms with Gasteiger partial charge in [0, 0.05) is 50.8 Å². The van der Waals surface area contributed by atoms with Crippen molar-refractivity contribution in [2.24, 2.45) is 5.41 Å². The molecule has 1 aliphatic carbocycles. The van der Waals surface area contributed by atoms with Gasteiger partial charge in [-0.1, -0.05) is 18.6 Å². The number of nitriles is 1. The van der Waals surface area contributed by atoms with Gasteiger partial charge in [-0.25, -0.2) is 9.97 Å². The number of phenolic OH excluding ortho intramolecular Hbond substituents is 1. The molecule has 0 unspecified atom stereocenters. The second kappa shape index (κ2) is 11.8. The van der Waals surface area contributed by atoms with E-state index in [0.717, 1.165) is 74.3 Å². The number of anilines is 1. The maximum atomic E-state index is 13.3. The van der Waals surface area contributed by atoms with Crippen LogP contribution in [0.4, 0.5) is 5.82 Å². The van der Waals surface area contributed by atoms with Gasteiger partial charge in [0.05, 0.1) is 15.8 Å². The number of aromatic nitrogens is 3. The van der Waals surface area contributed by atoms with Gasteiger partial charge in [-0.05, 0) is 56.0 Å². The number of aromatic amines is 1. The Kier molecular flexibility index (Phi) is 7.80. The van der Waals surface area contributed by atoms with Crippen LogP contribution in [0.25, 0.3) is 11.0 Å². The molecule has 3 N–H and O–H groups in total. The second-order valence-corrected chi connectivity index (χ2v) is 12.3. The van der Waals surface area contributed by atoms with Crippen LogP contribution in [0.3, 0.4) is 0 Å². The van der Waals surface area contributed by atoms with E-state index in [4.69, 9.17) is 9.97 Å². The molecule has 6 rings (SSSR count). The predicted molar refractivity (Wildman–Crippen MR) is 161 cm³/mol. The highest BCUT2D eigenvalue weighted by molar-refractivity contribution is 7.14. The van der Waals surface area contributed by atoms with Gasteiger partial charge in [-0.2, -0.15) is 5.26 Å². The van der Waals surface area contributed by atoms with E-state index >= 15 is 0 Å². The first-order valence-corrected chi connectivity index (χ1v) is 15.2. The molecule has 1 spiro atoms. The molecule has 3 aromatic heterocycles. The highest BCUT2D eigenvalue weighted by Gasteiger charge is 2.48. The summed E-state index contributed by atoms with van der Waals surface area (Å²) in [6.07, 6.45) is 7.38. The zero-order valence-electron chi connectivity index (χ0n) is 23.3. The number of hydrogen-bond donors (Lipinski definition) is 3. The van der Waals surface area contributed by atoms with E-state index in [1.165, 1.54) is 17.4 Å². The number of unbranched alkanes of at least 4 members (excludes halogenated alkanes) is 2. The Morgan fingerprint density at radius 2 is 1.93 bits per heavy atom. The summed E-state index contributed by atoms with van der Waals surface area (Å²) in [7, 11) is 0. The largest absolute Gasteiger partial charge is 0.507 e. The number of nitrogens with one attached hydrogen (secondary N) is 2. The summed E-state index contributed by atoms with van der Waals surface area (Å²) < 4.78 is 0. The number of aromatic hydroxyl groups is 1. The molecule has 2 fully saturated rings. The van der Waals surface area contributed by atoms with Gasteiger partial charge in [-0.15, -0.1) is 11.3 Å². The van der Waals surface area contributed by atoms with E-state index in [1.54, 1.807) is 30.3 Å². The molecular weight excluding hydrogens is 550 g/mol. The van der Waals surface area contributed by atoms with Crippen LogP contribution >= 0.6 is 11.3 Å². The number of phenols is 1. The van der Waals surface area contributed by atoms with Crippen LogP contribution in [0.5, 0.6) is 5.75 Å². The Morgan fingerprint density at radius 1 is 1.07 bits per heavy atom. The summed E-state index contributed by atoms with van der Waals surface area (Å²) in [4.78, 5) is 44.1. The molecule has 1 aromatic carbocycles. The SMILES string of the molecule is N#Cc1ccc(C(=O)N2CCN(c3nc(CCCCCNC(=O)c4ccccc4O)nc4[nH]ccc34)CC3(CC3)C2)s1. The van der Waals surface area contributed by atoms with Crippen LogP contribution < -0.4 is 10.2 Å². The zero-order valence-corrected chi connectivity index (χ0v) is 24.1. The first kappa shape index (κ1) is 27.7. The minimum absolute atomic E-state index is 0.00144. The molecule has 4 heterocycles. The lowest BCUT2D eigenvalue weighted by atomic mass is 10.1. The van der Waals surface area contributed by atoms with Gasteiger partial charge < -0.3 is 25.2 Å². The Balaban J connectivity index is 1.08. The van der Waals surface area contributed by atoms with Crippen LogP contribution in [0.1, 0.15) is 62.8 Å². The maximum Gasteiger partial charge on any atom is 0.264 e. The molecule has 2 amide bonds. The van der Waals surface area contributed by atoms with Gasteiger partial charge in [0.25, 0.3) is 11.8 Å². The zero-order chi connectivity index (χ0) is 29.1. The lowest BCUT2D eigenvalue weighted by molar-refractivity contribution is 0.0745. The number of carbonyl (C=O) groups excluding carboxylic acids is 2. The number of H-pyrrole nitrogens is 1. The van der Waals surface area contributed by atoms with Crippen LogP contribution in [0, 0.1) is 16.7 Å². The van der Waals surface area contributed by atoms with Crippen molar-refractivity contribution in [1.29, 1.82) is 5.26 Å². The van der Waals surface area contributed by atoms with E-state index in [9.17, 15) is 20.0 Å². The van der Waals surface area contributed by atoms with Gasteiger partial charge in [0.2, 0.25) is 0 Å². The number of hydrogen-bond acceptors (Lipinski definition) is 8. The average Bonchev–Trinajstić information content (AvgIpc) is 3.38. The van der Waals surface area contributed by atoms with E-state index in [-0.39, 0.29) is 28.5 Å². The van der Waals surface area contributed by atoms with E-state index in [1.807, 2.05) is 17.2 Å². The third kappa shape index (κ3) is 5.94.